The summed E-state index contributed by atoms with van der Waals surface area (Å²) in [5.74, 6) is -0.993. The highest BCUT2D eigenvalue weighted by molar-refractivity contribution is 5.82. The molecule has 0 rings (SSSR count). The molecule has 0 radical (unpaired) electrons. The molecule has 6 nitrogen and oxygen atoms in total. The summed E-state index contributed by atoms with van der Waals surface area (Å²) in [6.07, 6.45) is 1.98. The molecule has 0 aromatic carbocycles. The molecule has 1 unspecified atom stereocenters. The Morgan fingerprint density at radius 1 is 1.22 bits per heavy atom. The van der Waals surface area contributed by atoms with Crippen molar-refractivity contribution >= 4 is 12.0 Å². The van der Waals surface area contributed by atoms with Crippen LogP contribution in [0.25, 0.3) is 0 Å². The summed E-state index contributed by atoms with van der Waals surface area (Å²) in [4.78, 5) is 24.5. The van der Waals surface area contributed by atoms with Gasteiger partial charge in [-0.25, -0.2) is 9.59 Å². The number of aliphatic carboxylic acids is 1. The van der Waals surface area contributed by atoms with Gasteiger partial charge in [-0.3, -0.25) is 0 Å². The average molecular weight is 259 g/mol. The zero-order valence-corrected chi connectivity index (χ0v) is 11.7. The zero-order chi connectivity index (χ0) is 14.1. The van der Waals surface area contributed by atoms with Crippen LogP contribution in [0.1, 0.15) is 33.1 Å². The minimum atomic E-state index is -0.993. The van der Waals surface area contributed by atoms with Crippen molar-refractivity contribution in [1.29, 1.82) is 0 Å². The number of carboxylic acid groups (broad SMARTS) is 1. The van der Waals surface area contributed by atoms with Crippen molar-refractivity contribution in [2.45, 2.75) is 45.2 Å². The molecule has 0 aromatic rings. The number of rotatable bonds is 8. The number of nitrogens with zero attached hydrogens (tertiary/aromatic N) is 1. The van der Waals surface area contributed by atoms with E-state index in [-0.39, 0.29) is 6.04 Å². The number of carboxylic acids is 1. The summed E-state index contributed by atoms with van der Waals surface area (Å²) in [6, 6.07) is -1.21. The monoisotopic (exact) mass is 259 g/mol. The second kappa shape index (κ2) is 8.74. The van der Waals surface area contributed by atoms with E-state index in [4.69, 9.17) is 5.11 Å². The first-order valence-electron chi connectivity index (χ1n) is 6.31. The Hall–Kier alpha value is -1.30. The van der Waals surface area contributed by atoms with E-state index in [2.05, 4.69) is 10.6 Å². The first-order valence-corrected chi connectivity index (χ1v) is 6.31. The Kier molecular flexibility index (Phi) is 8.11. The Labute approximate surface area is 109 Å². The maximum atomic E-state index is 11.6. The van der Waals surface area contributed by atoms with Crippen LogP contribution in [0.15, 0.2) is 0 Å². The lowest BCUT2D eigenvalue weighted by Crippen LogP contribution is -2.48. The maximum absolute atomic E-state index is 11.6. The van der Waals surface area contributed by atoms with E-state index in [1.54, 1.807) is 0 Å². The van der Waals surface area contributed by atoms with Gasteiger partial charge in [0.1, 0.15) is 6.04 Å². The Morgan fingerprint density at radius 3 is 2.28 bits per heavy atom. The van der Waals surface area contributed by atoms with Crippen LogP contribution in [0, 0.1) is 0 Å². The molecule has 0 saturated carbocycles. The van der Waals surface area contributed by atoms with Crippen LogP contribution in [0.2, 0.25) is 0 Å². The van der Waals surface area contributed by atoms with E-state index < -0.39 is 18.0 Å². The lowest BCUT2D eigenvalue weighted by molar-refractivity contribution is -0.139. The predicted molar refractivity (Wildman–Crippen MR) is 70.6 cm³/mol. The van der Waals surface area contributed by atoms with E-state index in [0.29, 0.717) is 12.8 Å². The topological polar surface area (TPSA) is 81.7 Å². The van der Waals surface area contributed by atoms with Gasteiger partial charge >= 0.3 is 12.0 Å². The molecule has 0 saturated heterocycles. The third-order valence-electron chi connectivity index (χ3n) is 2.57. The molecule has 0 aliphatic heterocycles. The van der Waals surface area contributed by atoms with Gasteiger partial charge in [-0.05, 0) is 40.4 Å². The highest BCUT2D eigenvalue weighted by Gasteiger charge is 2.19. The van der Waals surface area contributed by atoms with E-state index in [1.807, 2.05) is 32.8 Å². The smallest absolute Gasteiger partial charge is 0.326 e. The molecule has 0 fully saturated rings. The second-order valence-electron chi connectivity index (χ2n) is 4.79. The van der Waals surface area contributed by atoms with Crippen molar-refractivity contribution in [2.24, 2.45) is 0 Å². The summed E-state index contributed by atoms with van der Waals surface area (Å²) in [6.45, 7) is 4.66. The van der Waals surface area contributed by atoms with Gasteiger partial charge in [0.2, 0.25) is 0 Å². The van der Waals surface area contributed by atoms with Crippen LogP contribution in [0.4, 0.5) is 4.79 Å². The van der Waals surface area contributed by atoms with Crippen molar-refractivity contribution in [2.75, 3.05) is 20.6 Å². The van der Waals surface area contributed by atoms with Crippen LogP contribution in [-0.4, -0.2) is 54.7 Å². The lowest BCUT2D eigenvalue weighted by Gasteiger charge is -2.19. The molecule has 0 heterocycles. The van der Waals surface area contributed by atoms with Gasteiger partial charge in [-0.2, -0.15) is 0 Å². The molecule has 2 amide bonds. The molecule has 0 aromatic heterocycles. The number of urea groups is 1. The minimum absolute atomic E-state index is 0.0171. The quantitative estimate of drug-likeness (QED) is 0.604. The van der Waals surface area contributed by atoms with Gasteiger partial charge in [0.15, 0.2) is 0 Å². The number of hydrogen-bond acceptors (Lipinski definition) is 3. The third kappa shape index (κ3) is 7.89. The summed E-state index contributed by atoms with van der Waals surface area (Å²) < 4.78 is 0. The highest BCUT2D eigenvalue weighted by atomic mass is 16.4. The highest BCUT2D eigenvalue weighted by Crippen LogP contribution is 1.97. The number of nitrogens with one attached hydrogen (secondary N) is 2. The van der Waals surface area contributed by atoms with Gasteiger partial charge in [-0.15, -0.1) is 0 Å². The molecular formula is C12H25N3O3. The Morgan fingerprint density at radius 2 is 1.83 bits per heavy atom. The normalized spacial score (nSPS) is 14.1. The summed E-state index contributed by atoms with van der Waals surface area (Å²) in [5.41, 5.74) is 0. The number of carbonyl (C=O) groups is 2. The van der Waals surface area contributed by atoms with Crippen LogP contribution >= 0.6 is 0 Å². The third-order valence-corrected chi connectivity index (χ3v) is 2.57. The summed E-state index contributed by atoms with van der Waals surface area (Å²) >= 11 is 0. The molecule has 2 atom stereocenters. The van der Waals surface area contributed by atoms with Crippen LogP contribution < -0.4 is 10.6 Å². The fourth-order valence-corrected chi connectivity index (χ4v) is 1.49. The molecule has 0 aliphatic rings. The SMILES string of the molecule is CCC[C@@H](NC(=O)NC(C)CCN(C)C)C(=O)O. The molecule has 3 N–H and O–H groups in total. The largest absolute Gasteiger partial charge is 0.480 e. The average Bonchev–Trinajstić information content (AvgIpc) is 2.25. The summed E-state index contributed by atoms with van der Waals surface area (Å²) in [5, 5.41) is 14.1. The van der Waals surface area contributed by atoms with Gasteiger partial charge in [0.05, 0.1) is 0 Å². The van der Waals surface area contributed by atoms with Crippen molar-refractivity contribution in [3.8, 4) is 0 Å². The molecule has 0 bridgehead atoms. The van der Waals surface area contributed by atoms with Crippen LogP contribution in [0.5, 0.6) is 0 Å². The fourth-order valence-electron chi connectivity index (χ4n) is 1.49. The fraction of sp³-hybridized carbons (Fsp3) is 0.833. The molecule has 18 heavy (non-hydrogen) atoms. The number of amides is 2. The lowest BCUT2D eigenvalue weighted by atomic mass is 10.2. The van der Waals surface area contributed by atoms with Gasteiger partial charge in [0.25, 0.3) is 0 Å². The van der Waals surface area contributed by atoms with Crippen molar-refractivity contribution in [3.05, 3.63) is 0 Å². The van der Waals surface area contributed by atoms with E-state index in [1.165, 1.54) is 0 Å². The first-order chi connectivity index (χ1) is 8.36. The van der Waals surface area contributed by atoms with E-state index in [9.17, 15) is 9.59 Å². The Bertz CT molecular complexity index is 269. The molecule has 0 spiro atoms. The molecule has 0 aliphatic carbocycles. The van der Waals surface area contributed by atoms with Gasteiger partial charge in [0, 0.05) is 6.04 Å². The van der Waals surface area contributed by atoms with E-state index in [0.717, 1.165) is 13.0 Å². The predicted octanol–water partition coefficient (Wildman–Crippen LogP) is 0.879. The summed E-state index contributed by atoms with van der Waals surface area (Å²) in [7, 11) is 3.93. The molecular weight excluding hydrogens is 234 g/mol. The van der Waals surface area contributed by atoms with Crippen molar-refractivity contribution in [1.82, 2.24) is 15.5 Å². The van der Waals surface area contributed by atoms with Gasteiger partial charge in [-0.1, -0.05) is 13.3 Å². The second-order valence-corrected chi connectivity index (χ2v) is 4.79. The maximum Gasteiger partial charge on any atom is 0.326 e. The molecule has 6 heteroatoms. The van der Waals surface area contributed by atoms with Crippen LogP contribution in [-0.2, 0) is 4.79 Å². The number of hydrogen-bond donors (Lipinski definition) is 3. The standard InChI is InChI=1S/C12H25N3O3/c1-5-6-10(11(16)17)14-12(18)13-9(2)7-8-15(3)4/h9-10H,5-8H2,1-4H3,(H,16,17)(H2,13,14,18)/t9?,10-/m1/s1. The minimum Gasteiger partial charge on any atom is -0.480 e. The zero-order valence-electron chi connectivity index (χ0n) is 11.7. The van der Waals surface area contributed by atoms with Crippen molar-refractivity contribution < 1.29 is 14.7 Å². The number of carbonyl (C=O) groups excluding carboxylic acids is 1. The van der Waals surface area contributed by atoms with Crippen molar-refractivity contribution in [3.63, 3.8) is 0 Å². The van der Waals surface area contributed by atoms with Crippen LogP contribution in [0.3, 0.4) is 0 Å². The first kappa shape index (κ1) is 16.7. The van der Waals surface area contributed by atoms with E-state index >= 15 is 0 Å². The molecule has 106 valence electrons. The Balaban J connectivity index is 4.03. The van der Waals surface area contributed by atoms with Gasteiger partial charge < -0.3 is 20.6 Å².